The topological polar surface area (TPSA) is 121 Å². The molecule has 0 aliphatic carbocycles. The van der Waals surface area contributed by atoms with Gasteiger partial charge >= 0.3 is 11.7 Å². The maximum absolute atomic E-state index is 11.8. The number of rotatable bonds is 8. The summed E-state index contributed by atoms with van der Waals surface area (Å²) in [4.78, 5) is 34.0. The van der Waals surface area contributed by atoms with E-state index in [0.29, 0.717) is 11.3 Å². The number of benzene rings is 2. The summed E-state index contributed by atoms with van der Waals surface area (Å²) in [5.74, 6) is -0.784. The smallest absolute Gasteiger partial charge is 0.325 e. The lowest BCUT2D eigenvalue weighted by Gasteiger charge is -2.09. The van der Waals surface area contributed by atoms with E-state index in [4.69, 9.17) is 25.5 Å². The van der Waals surface area contributed by atoms with Crippen molar-refractivity contribution >= 4 is 29.2 Å². The SMILES string of the molecule is O=C(CNC(=O)c1ccco1)OCc1ccc(Oc2c(Cl)cccc2[N+](=O)[O-])cc1. The Morgan fingerprint density at radius 2 is 1.87 bits per heavy atom. The van der Waals surface area contributed by atoms with Crippen molar-refractivity contribution in [1.82, 2.24) is 5.32 Å². The molecular weight excluding hydrogens is 416 g/mol. The van der Waals surface area contributed by atoms with Gasteiger partial charge in [-0.3, -0.25) is 19.7 Å². The Kier molecular flexibility index (Phi) is 6.66. The normalized spacial score (nSPS) is 10.3. The average Bonchev–Trinajstić information content (AvgIpc) is 3.27. The fourth-order valence-corrected chi connectivity index (χ4v) is 2.58. The van der Waals surface area contributed by atoms with Crippen molar-refractivity contribution < 1.29 is 28.4 Å². The monoisotopic (exact) mass is 430 g/mol. The molecular formula is C20H15ClN2O7. The van der Waals surface area contributed by atoms with Gasteiger partial charge < -0.3 is 19.2 Å². The van der Waals surface area contributed by atoms with Crippen LogP contribution in [0.25, 0.3) is 0 Å². The minimum atomic E-state index is -0.623. The zero-order chi connectivity index (χ0) is 21.5. The number of ether oxygens (including phenoxy) is 2. The number of nitro groups is 1. The van der Waals surface area contributed by atoms with Crippen molar-refractivity contribution in [3.63, 3.8) is 0 Å². The zero-order valence-electron chi connectivity index (χ0n) is 15.4. The van der Waals surface area contributed by atoms with Crippen LogP contribution in [0.3, 0.4) is 0 Å². The number of carbonyl (C=O) groups is 2. The molecule has 0 bridgehead atoms. The molecule has 3 rings (SSSR count). The quantitative estimate of drug-likeness (QED) is 0.324. The Morgan fingerprint density at radius 1 is 1.10 bits per heavy atom. The van der Waals surface area contributed by atoms with E-state index in [1.54, 1.807) is 30.3 Å². The molecule has 1 aromatic heterocycles. The van der Waals surface area contributed by atoms with E-state index in [1.165, 1.54) is 30.5 Å². The van der Waals surface area contributed by atoms with Crippen molar-refractivity contribution in [2.24, 2.45) is 0 Å². The van der Waals surface area contributed by atoms with Crippen molar-refractivity contribution in [2.45, 2.75) is 6.61 Å². The van der Waals surface area contributed by atoms with Crippen LogP contribution in [0.2, 0.25) is 5.02 Å². The third-order valence-corrected chi connectivity index (χ3v) is 4.12. The molecule has 0 radical (unpaired) electrons. The zero-order valence-corrected chi connectivity index (χ0v) is 16.1. The molecule has 3 aromatic rings. The number of esters is 1. The summed E-state index contributed by atoms with van der Waals surface area (Å²) >= 11 is 6.00. The molecule has 2 aromatic carbocycles. The van der Waals surface area contributed by atoms with Crippen LogP contribution >= 0.6 is 11.6 Å². The van der Waals surface area contributed by atoms with Gasteiger partial charge in [0.15, 0.2) is 5.76 Å². The number of hydrogen-bond acceptors (Lipinski definition) is 7. The number of halogens is 1. The molecule has 0 saturated carbocycles. The molecule has 0 saturated heterocycles. The van der Waals surface area contributed by atoms with Gasteiger partial charge in [-0.05, 0) is 35.9 Å². The molecule has 0 spiro atoms. The highest BCUT2D eigenvalue weighted by Gasteiger charge is 2.19. The van der Waals surface area contributed by atoms with Gasteiger partial charge in [0.2, 0.25) is 5.75 Å². The first-order valence-corrected chi connectivity index (χ1v) is 8.99. The highest BCUT2D eigenvalue weighted by Crippen LogP contribution is 2.37. The van der Waals surface area contributed by atoms with E-state index < -0.39 is 16.8 Å². The molecule has 0 fully saturated rings. The van der Waals surface area contributed by atoms with Gasteiger partial charge in [-0.1, -0.05) is 29.8 Å². The molecule has 1 amide bonds. The van der Waals surface area contributed by atoms with Crippen LogP contribution in [0.5, 0.6) is 11.5 Å². The fourth-order valence-electron chi connectivity index (χ4n) is 2.38. The number of nitrogens with zero attached hydrogens (tertiary/aromatic N) is 1. The van der Waals surface area contributed by atoms with Gasteiger partial charge in [0.25, 0.3) is 5.91 Å². The van der Waals surface area contributed by atoms with Gasteiger partial charge in [0.05, 0.1) is 16.2 Å². The maximum Gasteiger partial charge on any atom is 0.325 e. The second-order valence-electron chi connectivity index (χ2n) is 5.91. The Hall–Kier alpha value is -3.85. The predicted octanol–water partition coefficient (Wildman–Crippen LogP) is 4.11. The van der Waals surface area contributed by atoms with Crippen molar-refractivity contribution in [3.05, 3.63) is 87.3 Å². The Morgan fingerprint density at radius 3 is 2.53 bits per heavy atom. The molecule has 154 valence electrons. The summed E-state index contributed by atoms with van der Waals surface area (Å²) < 4.78 is 15.5. The molecule has 0 unspecified atom stereocenters. The predicted molar refractivity (Wildman–Crippen MR) is 105 cm³/mol. The lowest BCUT2D eigenvalue weighted by Crippen LogP contribution is -2.30. The molecule has 9 nitrogen and oxygen atoms in total. The van der Waals surface area contributed by atoms with Crippen molar-refractivity contribution in [3.8, 4) is 11.5 Å². The summed E-state index contributed by atoms with van der Waals surface area (Å²) in [5, 5.41) is 13.6. The highest BCUT2D eigenvalue weighted by atomic mass is 35.5. The number of nitrogens with one attached hydrogen (secondary N) is 1. The number of para-hydroxylation sites is 1. The lowest BCUT2D eigenvalue weighted by molar-refractivity contribution is -0.385. The molecule has 0 atom stereocenters. The van der Waals surface area contributed by atoms with E-state index in [0.717, 1.165) is 0 Å². The molecule has 0 aliphatic heterocycles. The van der Waals surface area contributed by atoms with E-state index in [9.17, 15) is 19.7 Å². The van der Waals surface area contributed by atoms with Gasteiger partial charge in [0.1, 0.15) is 18.9 Å². The minimum absolute atomic E-state index is 0.0258. The largest absolute Gasteiger partial charge is 0.460 e. The first kappa shape index (κ1) is 20.9. The summed E-state index contributed by atoms with van der Waals surface area (Å²) in [6.45, 7) is -0.334. The van der Waals surface area contributed by atoms with Crippen LogP contribution in [0.1, 0.15) is 16.1 Å². The number of hydrogen-bond donors (Lipinski definition) is 1. The Bertz CT molecular complexity index is 1050. The maximum atomic E-state index is 11.8. The van der Waals surface area contributed by atoms with Crippen LogP contribution < -0.4 is 10.1 Å². The van der Waals surface area contributed by atoms with Crippen LogP contribution in [0.4, 0.5) is 5.69 Å². The summed E-state index contributed by atoms with van der Waals surface area (Å²) in [7, 11) is 0. The van der Waals surface area contributed by atoms with Crippen LogP contribution in [0.15, 0.2) is 65.3 Å². The Balaban J connectivity index is 1.52. The third-order valence-electron chi connectivity index (χ3n) is 3.82. The van der Waals surface area contributed by atoms with Gasteiger partial charge in [-0.2, -0.15) is 0 Å². The number of furan rings is 1. The van der Waals surface area contributed by atoms with Gasteiger partial charge in [-0.25, -0.2) is 0 Å². The highest BCUT2D eigenvalue weighted by molar-refractivity contribution is 6.32. The second kappa shape index (κ2) is 9.57. The van der Waals surface area contributed by atoms with E-state index in [1.807, 2.05) is 0 Å². The first-order chi connectivity index (χ1) is 14.4. The molecule has 30 heavy (non-hydrogen) atoms. The number of carbonyl (C=O) groups excluding carboxylic acids is 2. The van der Waals surface area contributed by atoms with Gasteiger partial charge in [-0.15, -0.1) is 0 Å². The second-order valence-corrected chi connectivity index (χ2v) is 6.32. The van der Waals surface area contributed by atoms with Crippen LogP contribution in [-0.4, -0.2) is 23.3 Å². The van der Waals surface area contributed by atoms with Gasteiger partial charge in [0, 0.05) is 6.07 Å². The summed E-state index contributed by atoms with van der Waals surface area (Å²) in [6.07, 6.45) is 1.35. The Labute approximate surface area is 175 Å². The first-order valence-electron chi connectivity index (χ1n) is 8.61. The molecule has 0 aliphatic rings. The van der Waals surface area contributed by atoms with Crippen LogP contribution in [0, 0.1) is 10.1 Å². The number of amides is 1. The van der Waals surface area contributed by atoms with Crippen LogP contribution in [-0.2, 0) is 16.1 Å². The molecule has 1 N–H and O–H groups in total. The lowest BCUT2D eigenvalue weighted by atomic mass is 10.2. The minimum Gasteiger partial charge on any atom is -0.460 e. The van der Waals surface area contributed by atoms with E-state index >= 15 is 0 Å². The molecule has 10 heteroatoms. The summed E-state index contributed by atoms with van der Waals surface area (Å²) in [6, 6.07) is 13.7. The summed E-state index contributed by atoms with van der Waals surface area (Å²) in [5.41, 5.74) is 0.402. The van der Waals surface area contributed by atoms with E-state index in [-0.39, 0.29) is 35.4 Å². The fraction of sp³-hybridized carbons (Fsp3) is 0.100. The van der Waals surface area contributed by atoms with E-state index in [2.05, 4.69) is 5.32 Å². The van der Waals surface area contributed by atoms with Crippen molar-refractivity contribution in [2.75, 3.05) is 6.54 Å². The average molecular weight is 431 g/mol. The molecule has 1 heterocycles. The standard InChI is InChI=1S/C20H15ClN2O7/c21-15-3-1-4-16(23(26)27)19(15)30-14-8-6-13(7-9-14)12-29-18(24)11-22-20(25)17-5-2-10-28-17/h1-10H,11-12H2,(H,22,25). The number of nitro benzene ring substituents is 1. The van der Waals surface area contributed by atoms with Crippen molar-refractivity contribution in [1.29, 1.82) is 0 Å². The third kappa shape index (κ3) is 5.36.